The molecule has 1 aliphatic rings. The normalized spacial score (nSPS) is 14.4. The zero-order valence-corrected chi connectivity index (χ0v) is 14.2. The summed E-state index contributed by atoms with van der Waals surface area (Å²) in [6.45, 7) is 3.62. The summed E-state index contributed by atoms with van der Waals surface area (Å²) in [5.41, 5.74) is 2.22. The van der Waals surface area contributed by atoms with E-state index in [0.717, 1.165) is 36.6 Å². The molecule has 2 aromatic rings. The maximum atomic E-state index is 11.9. The van der Waals surface area contributed by atoms with E-state index in [-0.39, 0.29) is 5.91 Å². The molecule has 24 heavy (non-hydrogen) atoms. The van der Waals surface area contributed by atoms with Crippen LogP contribution in [0.15, 0.2) is 30.3 Å². The predicted octanol–water partition coefficient (Wildman–Crippen LogP) is 2.69. The second-order valence-corrected chi connectivity index (χ2v) is 6.28. The van der Waals surface area contributed by atoms with Gasteiger partial charge in [-0.05, 0) is 31.4 Å². The second-order valence-electron chi connectivity index (χ2n) is 6.28. The van der Waals surface area contributed by atoms with Crippen molar-refractivity contribution in [1.82, 2.24) is 20.1 Å². The molecule has 1 aromatic heterocycles. The molecule has 5 heteroatoms. The summed E-state index contributed by atoms with van der Waals surface area (Å²) in [6.07, 6.45) is 8.78. The fourth-order valence-corrected chi connectivity index (χ4v) is 3.03. The first-order valence-corrected chi connectivity index (χ1v) is 8.66. The minimum Gasteiger partial charge on any atom is -0.352 e. The average Bonchev–Trinajstić information content (AvgIpc) is 2.80. The van der Waals surface area contributed by atoms with E-state index in [0.29, 0.717) is 6.54 Å². The van der Waals surface area contributed by atoms with Crippen LogP contribution in [0.4, 0.5) is 0 Å². The summed E-state index contributed by atoms with van der Waals surface area (Å²) in [5.74, 6) is 2.00. The summed E-state index contributed by atoms with van der Waals surface area (Å²) in [7, 11) is 0. The molecule has 1 aromatic carbocycles. The molecule has 1 aliphatic heterocycles. The Hall–Kier alpha value is -2.43. The van der Waals surface area contributed by atoms with Gasteiger partial charge in [0.1, 0.15) is 11.6 Å². The van der Waals surface area contributed by atoms with Gasteiger partial charge in [-0.25, -0.2) is 0 Å². The first kappa shape index (κ1) is 16.4. The van der Waals surface area contributed by atoms with Crippen LogP contribution in [0.3, 0.4) is 0 Å². The van der Waals surface area contributed by atoms with Crippen molar-refractivity contribution in [3.05, 3.63) is 53.1 Å². The maximum Gasteiger partial charge on any atom is 0.244 e. The first-order valence-electron chi connectivity index (χ1n) is 8.66. The van der Waals surface area contributed by atoms with Crippen molar-refractivity contribution in [3.8, 4) is 0 Å². The molecule has 0 saturated heterocycles. The molecule has 2 heterocycles. The average molecular weight is 324 g/mol. The van der Waals surface area contributed by atoms with E-state index < -0.39 is 0 Å². The minimum absolute atomic E-state index is 0.0767. The molecule has 126 valence electrons. The quantitative estimate of drug-likeness (QED) is 0.860. The van der Waals surface area contributed by atoms with Gasteiger partial charge in [0, 0.05) is 32.0 Å². The van der Waals surface area contributed by atoms with E-state index in [9.17, 15) is 4.79 Å². The van der Waals surface area contributed by atoms with Gasteiger partial charge in [0.05, 0.1) is 0 Å². The number of amides is 1. The van der Waals surface area contributed by atoms with Crippen LogP contribution in [0.2, 0.25) is 0 Å². The lowest BCUT2D eigenvalue weighted by atomic mass is 10.1. The highest BCUT2D eigenvalue weighted by Crippen LogP contribution is 2.14. The Labute approximate surface area is 142 Å². The van der Waals surface area contributed by atoms with Crippen molar-refractivity contribution in [3.63, 3.8) is 0 Å². The Morgan fingerprint density at radius 3 is 3.08 bits per heavy atom. The number of nitrogens with one attached hydrogen (secondary N) is 1. The number of carbonyl (C=O) groups excluding carboxylic acids is 1. The first-order chi connectivity index (χ1) is 11.7. The number of hydrogen-bond acceptors (Lipinski definition) is 3. The Balaban J connectivity index is 1.50. The molecule has 0 atom stereocenters. The van der Waals surface area contributed by atoms with Crippen LogP contribution in [0.1, 0.15) is 42.0 Å². The van der Waals surface area contributed by atoms with Crippen molar-refractivity contribution in [2.45, 2.75) is 45.6 Å². The maximum absolute atomic E-state index is 11.9. The van der Waals surface area contributed by atoms with Gasteiger partial charge in [-0.15, -0.1) is 10.2 Å². The summed E-state index contributed by atoms with van der Waals surface area (Å²) in [4.78, 5) is 11.9. The molecule has 3 rings (SSSR count). The van der Waals surface area contributed by atoms with E-state index in [1.54, 1.807) is 6.08 Å². The van der Waals surface area contributed by atoms with Gasteiger partial charge >= 0.3 is 0 Å². The number of rotatable bonds is 5. The third-order valence-corrected chi connectivity index (χ3v) is 4.30. The highest BCUT2D eigenvalue weighted by atomic mass is 16.1. The number of nitrogens with zero attached hydrogens (tertiary/aromatic N) is 3. The molecule has 1 amide bonds. The monoisotopic (exact) mass is 324 g/mol. The van der Waals surface area contributed by atoms with E-state index >= 15 is 0 Å². The number of aromatic nitrogens is 3. The zero-order valence-electron chi connectivity index (χ0n) is 14.2. The van der Waals surface area contributed by atoms with Gasteiger partial charge in [0.2, 0.25) is 5.91 Å². The lowest BCUT2D eigenvalue weighted by molar-refractivity contribution is -0.116. The third kappa shape index (κ3) is 4.31. The number of aryl methyl sites for hydroxylation is 2. The predicted molar refractivity (Wildman–Crippen MR) is 94.5 cm³/mol. The molecule has 0 bridgehead atoms. The van der Waals surface area contributed by atoms with Crippen LogP contribution in [-0.4, -0.2) is 27.2 Å². The fraction of sp³-hybridized carbons (Fsp3) is 0.421. The smallest absolute Gasteiger partial charge is 0.244 e. The lowest BCUT2D eigenvalue weighted by Gasteiger charge is -2.07. The van der Waals surface area contributed by atoms with Gasteiger partial charge in [-0.3, -0.25) is 4.79 Å². The van der Waals surface area contributed by atoms with Crippen LogP contribution in [-0.2, 0) is 24.2 Å². The van der Waals surface area contributed by atoms with E-state index in [1.165, 1.54) is 24.8 Å². The van der Waals surface area contributed by atoms with Gasteiger partial charge in [0.15, 0.2) is 0 Å². The third-order valence-electron chi connectivity index (χ3n) is 4.30. The molecule has 0 saturated carbocycles. The van der Waals surface area contributed by atoms with Crippen LogP contribution in [0.5, 0.6) is 0 Å². The molecule has 5 nitrogen and oxygen atoms in total. The Kier molecular flexibility index (Phi) is 5.41. The summed E-state index contributed by atoms with van der Waals surface area (Å²) < 4.78 is 2.22. The fourth-order valence-electron chi connectivity index (χ4n) is 3.03. The molecule has 0 spiro atoms. The lowest BCUT2D eigenvalue weighted by Crippen LogP contribution is -2.24. The van der Waals surface area contributed by atoms with Gasteiger partial charge in [-0.2, -0.15) is 0 Å². The summed E-state index contributed by atoms with van der Waals surface area (Å²) in [5, 5.41) is 11.5. The van der Waals surface area contributed by atoms with E-state index in [2.05, 4.69) is 26.1 Å². The largest absolute Gasteiger partial charge is 0.352 e. The SMILES string of the molecule is Cc1cccc(/C=C/C(=O)NCCc2nnc3n2CCCCC3)c1. The molecule has 0 aliphatic carbocycles. The summed E-state index contributed by atoms with van der Waals surface area (Å²) >= 11 is 0. The number of benzene rings is 1. The van der Waals surface area contributed by atoms with Gasteiger partial charge in [-0.1, -0.05) is 36.2 Å². The number of fused-ring (bicyclic) bond motifs is 1. The number of hydrogen-bond donors (Lipinski definition) is 1. The second kappa shape index (κ2) is 7.90. The van der Waals surface area contributed by atoms with E-state index in [4.69, 9.17) is 0 Å². The highest BCUT2D eigenvalue weighted by Gasteiger charge is 2.14. The standard InChI is InChI=1S/C19H24N4O/c1-15-6-5-7-16(14-15)9-10-19(24)20-12-11-18-22-21-17-8-3-2-4-13-23(17)18/h5-7,9-10,14H,2-4,8,11-13H2,1H3,(H,20,24)/b10-9+. The molecule has 1 N–H and O–H groups in total. The summed E-state index contributed by atoms with van der Waals surface area (Å²) in [6, 6.07) is 8.07. The zero-order chi connectivity index (χ0) is 16.8. The van der Waals surface area contributed by atoms with Gasteiger partial charge < -0.3 is 9.88 Å². The van der Waals surface area contributed by atoms with Crippen LogP contribution < -0.4 is 5.32 Å². The molecule has 0 unspecified atom stereocenters. The van der Waals surface area contributed by atoms with Gasteiger partial charge in [0.25, 0.3) is 0 Å². The van der Waals surface area contributed by atoms with Crippen molar-refractivity contribution >= 4 is 12.0 Å². The minimum atomic E-state index is -0.0767. The van der Waals surface area contributed by atoms with Crippen molar-refractivity contribution in [2.75, 3.05) is 6.54 Å². The molecule has 0 radical (unpaired) electrons. The van der Waals surface area contributed by atoms with E-state index in [1.807, 2.05) is 31.2 Å². The molecular formula is C19H24N4O. The topological polar surface area (TPSA) is 59.8 Å². The van der Waals surface area contributed by atoms with Crippen molar-refractivity contribution in [1.29, 1.82) is 0 Å². The van der Waals surface area contributed by atoms with Crippen LogP contribution in [0, 0.1) is 6.92 Å². The van der Waals surface area contributed by atoms with Crippen molar-refractivity contribution in [2.24, 2.45) is 0 Å². The Morgan fingerprint density at radius 2 is 2.21 bits per heavy atom. The highest BCUT2D eigenvalue weighted by molar-refractivity contribution is 5.91. The Bertz CT molecular complexity index is 733. The molecule has 0 fully saturated rings. The van der Waals surface area contributed by atoms with Crippen LogP contribution in [0.25, 0.3) is 6.08 Å². The Morgan fingerprint density at radius 1 is 1.29 bits per heavy atom. The van der Waals surface area contributed by atoms with Crippen molar-refractivity contribution < 1.29 is 4.79 Å². The number of carbonyl (C=O) groups is 1. The molecular weight excluding hydrogens is 300 g/mol. The van der Waals surface area contributed by atoms with Crippen LogP contribution >= 0.6 is 0 Å².